The van der Waals surface area contributed by atoms with E-state index in [-0.39, 0.29) is 5.75 Å². The third-order valence-corrected chi connectivity index (χ3v) is 3.03. The van der Waals surface area contributed by atoms with E-state index in [1.807, 2.05) is 6.92 Å². The van der Waals surface area contributed by atoms with Gasteiger partial charge in [0.15, 0.2) is 0 Å². The van der Waals surface area contributed by atoms with Crippen molar-refractivity contribution in [3.63, 3.8) is 0 Å². The van der Waals surface area contributed by atoms with Gasteiger partial charge in [0.25, 0.3) is 0 Å². The van der Waals surface area contributed by atoms with E-state index in [9.17, 15) is 8.42 Å². The zero-order valence-electron chi connectivity index (χ0n) is 9.28. The van der Waals surface area contributed by atoms with Crippen LogP contribution in [0.3, 0.4) is 0 Å². The van der Waals surface area contributed by atoms with Crippen molar-refractivity contribution in [3.05, 3.63) is 23.3 Å². The molecule has 1 aromatic carbocycles. The smallest absolute Gasteiger partial charge is 0.237 e. The number of benzene rings is 1. The zero-order valence-corrected chi connectivity index (χ0v) is 10.9. The summed E-state index contributed by atoms with van der Waals surface area (Å²) >= 11 is 0. The summed E-state index contributed by atoms with van der Waals surface area (Å²) in [6, 6.07) is 3.47. The van der Waals surface area contributed by atoms with E-state index in [1.54, 1.807) is 12.1 Å². The predicted molar refractivity (Wildman–Crippen MR) is 62.8 cm³/mol. The zero-order chi connectivity index (χ0) is 12.3. The Hall–Kier alpha value is -0.940. The highest BCUT2D eigenvalue weighted by atomic mass is 35.7. The van der Waals surface area contributed by atoms with Crippen LogP contribution in [0.5, 0.6) is 11.5 Å². The second-order valence-electron chi connectivity index (χ2n) is 3.33. The number of hydrogen-bond donors (Lipinski definition) is 0. The molecule has 0 aromatic heterocycles. The van der Waals surface area contributed by atoms with Gasteiger partial charge in [0.05, 0.1) is 25.5 Å². The van der Waals surface area contributed by atoms with Crippen molar-refractivity contribution in [1.82, 2.24) is 0 Å². The molecule has 0 heterocycles. The van der Waals surface area contributed by atoms with Gasteiger partial charge in [-0.25, -0.2) is 8.42 Å². The quantitative estimate of drug-likeness (QED) is 0.782. The van der Waals surface area contributed by atoms with Crippen LogP contribution in [0.1, 0.15) is 11.1 Å². The Balaban J connectivity index is 3.33. The monoisotopic (exact) mass is 264 g/mol. The van der Waals surface area contributed by atoms with E-state index >= 15 is 0 Å². The van der Waals surface area contributed by atoms with Crippen molar-refractivity contribution < 1.29 is 17.9 Å². The number of aryl methyl sites for hydroxylation is 1. The van der Waals surface area contributed by atoms with Crippen molar-refractivity contribution in [1.29, 1.82) is 0 Å². The van der Waals surface area contributed by atoms with E-state index < -0.39 is 9.05 Å². The Labute approximate surface area is 99.6 Å². The van der Waals surface area contributed by atoms with Gasteiger partial charge in [-0.2, -0.15) is 0 Å². The minimum atomic E-state index is -3.64. The SMILES string of the molecule is COc1cc(C)cc(OC)c1CS(=O)(=O)Cl. The van der Waals surface area contributed by atoms with Crippen LogP contribution < -0.4 is 9.47 Å². The molecule has 16 heavy (non-hydrogen) atoms. The molecule has 0 amide bonds. The number of methoxy groups -OCH3 is 2. The van der Waals surface area contributed by atoms with E-state index in [0.717, 1.165) is 5.56 Å². The highest BCUT2D eigenvalue weighted by molar-refractivity contribution is 8.13. The standard InChI is InChI=1S/C10H13ClO4S/c1-7-4-9(14-2)8(6-16(11,12)13)10(5-7)15-3/h4-5H,6H2,1-3H3. The summed E-state index contributed by atoms with van der Waals surface area (Å²) in [5, 5.41) is 0. The minimum absolute atomic E-state index is 0.318. The van der Waals surface area contributed by atoms with Gasteiger partial charge in [-0.3, -0.25) is 0 Å². The molecule has 0 unspecified atom stereocenters. The molecule has 1 rings (SSSR count). The highest BCUT2D eigenvalue weighted by Gasteiger charge is 2.17. The van der Waals surface area contributed by atoms with Crippen LogP contribution in [-0.4, -0.2) is 22.6 Å². The fourth-order valence-corrected chi connectivity index (χ4v) is 2.39. The second-order valence-corrected chi connectivity index (χ2v) is 6.11. The van der Waals surface area contributed by atoms with E-state index in [0.29, 0.717) is 17.1 Å². The van der Waals surface area contributed by atoms with E-state index in [2.05, 4.69) is 0 Å². The van der Waals surface area contributed by atoms with Gasteiger partial charge in [-0.1, -0.05) is 0 Å². The molecule has 90 valence electrons. The van der Waals surface area contributed by atoms with E-state index in [4.69, 9.17) is 20.2 Å². The molecule has 0 bridgehead atoms. The molecule has 0 aliphatic heterocycles. The van der Waals surface area contributed by atoms with Crippen molar-refractivity contribution >= 4 is 19.7 Å². The molecule has 0 atom stereocenters. The molecule has 0 aliphatic carbocycles. The summed E-state index contributed by atoms with van der Waals surface area (Å²) in [5.74, 6) is 0.600. The molecule has 0 saturated carbocycles. The molecule has 0 radical (unpaired) electrons. The number of halogens is 1. The lowest BCUT2D eigenvalue weighted by Gasteiger charge is -2.13. The van der Waals surface area contributed by atoms with Crippen molar-refractivity contribution in [2.45, 2.75) is 12.7 Å². The number of hydrogen-bond acceptors (Lipinski definition) is 4. The highest BCUT2D eigenvalue weighted by Crippen LogP contribution is 2.32. The Kier molecular flexibility index (Phi) is 4.04. The summed E-state index contributed by atoms with van der Waals surface area (Å²) in [6.07, 6.45) is 0. The molecule has 6 heteroatoms. The third kappa shape index (κ3) is 3.28. The first-order valence-electron chi connectivity index (χ1n) is 4.51. The van der Waals surface area contributed by atoms with Crippen molar-refractivity contribution in [2.75, 3.05) is 14.2 Å². The predicted octanol–water partition coefficient (Wildman–Crippen LogP) is 2.08. The average Bonchev–Trinajstić information content (AvgIpc) is 2.18. The van der Waals surface area contributed by atoms with Crippen LogP contribution in [0.2, 0.25) is 0 Å². The van der Waals surface area contributed by atoms with Gasteiger partial charge in [0, 0.05) is 10.7 Å². The second kappa shape index (κ2) is 4.93. The lowest BCUT2D eigenvalue weighted by molar-refractivity contribution is 0.387. The van der Waals surface area contributed by atoms with Gasteiger partial charge in [-0.05, 0) is 24.6 Å². The van der Waals surface area contributed by atoms with Crippen LogP contribution in [0.4, 0.5) is 0 Å². The number of rotatable bonds is 4. The van der Waals surface area contributed by atoms with Gasteiger partial charge in [0.2, 0.25) is 9.05 Å². The van der Waals surface area contributed by atoms with Crippen molar-refractivity contribution in [2.24, 2.45) is 0 Å². The first-order valence-corrected chi connectivity index (χ1v) is 6.99. The maximum atomic E-state index is 11.1. The Morgan fingerprint density at radius 1 is 1.19 bits per heavy atom. The van der Waals surface area contributed by atoms with Crippen LogP contribution in [0, 0.1) is 6.92 Å². The maximum Gasteiger partial charge on any atom is 0.237 e. The largest absolute Gasteiger partial charge is 0.496 e. The molecular formula is C10H13ClO4S. The summed E-state index contributed by atoms with van der Waals surface area (Å²) in [4.78, 5) is 0. The normalized spacial score (nSPS) is 11.2. The third-order valence-electron chi connectivity index (χ3n) is 2.07. The van der Waals surface area contributed by atoms with Gasteiger partial charge < -0.3 is 9.47 Å². The first-order chi connectivity index (χ1) is 7.37. The topological polar surface area (TPSA) is 52.6 Å². The molecule has 1 aromatic rings. The fourth-order valence-electron chi connectivity index (χ4n) is 1.43. The molecule has 0 fully saturated rings. The maximum absolute atomic E-state index is 11.1. The Morgan fingerprint density at radius 3 is 1.94 bits per heavy atom. The molecule has 0 spiro atoms. The molecule has 0 saturated heterocycles. The lowest BCUT2D eigenvalue weighted by Crippen LogP contribution is -2.02. The van der Waals surface area contributed by atoms with Crippen LogP contribution in [0.25, 0.3) is 0 Å². The fraction of sp³-hybridized carbons (Fsp3) is 0.400. The van der Waals surface area contributed by atoms with Crippen LogP contribution in [-0.2, 0) is 14.8 Å². The number of ether oxygens (including phenoxy) is 2. The summed E-state index contributed by atoms with van der Waals surface area (Å²) in [5.41, 5.74) is 1.36. The van der Waals surface area contributed by atoms with Crippen molar-refractivity contribution in [3.8, 4) is 11.5 Å². The van der Waals surface area contributed by atoms with Gasteiger partial charge in [-0.15, -0.1) is 0 Å². The first kappa shape index (κ1) is 13.1. The average molecular weight is 265 g/mol. The summed E-state index contributed by atoms with van der Waals surface area (Å²) in [7, 11) is 4.53. The Bertz CT molecular complexity index is 457. The Morgan fingerprint density at radius 2 is 1.62 bits per heavy atom. The van der Waals surface area contributed by atoms with Gasteiger partial charge >= 0.3 is 0 Å². The molecule has 0 N–H and O–H groups in total. The van der Waals surface area contributed by atoms with Gasteiger partial charge in [0.1, 0.15) is 11.5 Å². The van der Waals surface area contributed by atoms with E-state index in [1.165, 1.54) is 14.2 Å². The molecular weight excluding hydrogens is 252 g/mol. The molecule has 0 aliphatic rings. The molecule has 4 nitrogen and oxygen atoms in total. The lowest BCUT2D eigenvalue weighted by atomic mass is 10.1. The minimum Gasteiger partial charge on any atom is -0.496 e. The summed E-state index contributed by atoms with van der Waals surface area (Å²) < 4.78 is 32.4. The summed E-state index contributed by atoms with van der Waals surface area (Å²) in [6.45, 7) is 1.87. The van der Waals surface area contributed by atoms with Crippen LogP contribution in [0.15, 0.2) is 12.1 Å². The van der Waals surface area contributed by atoms with Crippen LogP contribution >= 0.6 is 10.7 Å².